The molecule has 0 amide bonds. The van der Waals surface area contributed by atoms with Crippen molar-refractivity contribution in [3.05, 3.63) is 34.8 Å². The fraction of sp³-hybridized carbons (Fsp3) is 0.684. The molecule has 0 aromatic heterocycles. The lowest BCUT2D eigenvalue weighted by molar-refractivity contribution is 0.103. The number of hydrogen-bond acceptors (Lipinski definition) is 3. The Balaban J connectivity index is 1.86. The summed E-state index contributed by atoms with van der Waals surface area (Å²) < 4.78 is 0. The highest BCUT2D eigenvalue weighted by Crippen LogP contribution is 2.63. The third-order valence-corrected chi connectivity index (χ3v) is 7.16. The molecule has 0 heterocycles. The molecule has 120 valence electrons. The van der Waals surface area contributed by atoms with Crippen LogP contribution in [-0.4, -0.2) is 16.3 Å². The Morgan fingerprint density at radius 3 is 2.77 bits per heavy atom. The van der Waals surface area contributed by atoms with Gasteiger partial charge >= 0.3 is 0 Å². The number of aliphatic hydroxyl groups is 2. The van der Waals surface area contributed by atoms with Gasteiger partial charge in [-0.3, -0.25) is 0 Å². The minimum atomic E-state index is -0.521. The van der Waals surface area contributed by atoms with Gasteiger partial charge in [-0.15, -0.1) is 0 Å². The zero-order chi connectivity index (χ0) is 15.7. The Hall–Kier alpha value is -1.22. The highest BCUT2D eigenvalue weighted by Gasteiger charge is 2.56. The monoisotopic (exact) mass is 301 g/mol. The van der Waals surface area contributed by atoms with Gasteiger partial charge in [0.05, 0.1) is 5.41 Å². The Kier molecular flexibility index (Phi) is 2.88. The molecular formula is C19H27NO2. The van der Waals surface area contributed by atoms with Crippen molar-refractivity contribution in [1.82, 2.24) is 0 Å². The first-order valence-electron chi connectivity index (χ1n) is 8.65. The lowest BCUT2D eigenvalue weighted by Crippen LogP contribution is -2.52. The number of nitrogens with two attached hydrogens (primary N) is 1. The van der Waals surface area contributed by atoms with Crippen LogP contribution in [-0.2, 0) is 0 Å². The van der Waals surface area contributed by atoms with Crippen molar-refractivity contribution in [2.45, 2.75) is 58.4 Å². The van der Waals surface area contributed by atoms with Crippen molar-refractivity contribution in [2.24, 2.45) is 28.4 Å². The van der Waals surface area contributed by atoms with Crippen molar-refractivity contribution >= 4 is 0 Å². The summed E-state index contributed by atoms with van der Waals surface area (Å²) in [5.74, 6) is 1.25. The highest BCUT2D eigenvalue weighted by atomic mass is 16.3. The topological polar surface area (TPSA) is 66.5 Å². The van der Waals surface area contributed by atoms with Crippen LogP contribution in [0.5, 0.6) is 0 Å². The minimum Gasteiger partial charge on any atom is -0.508 e. The summed E-state index contributed by atoms with van der Waals surface area (Å²) in [5.41, 5.74) is 8.92. The number of aliphatic hydroxyl groups excluding tert-OH is 2. The molecule has 0 unspecified atom stereocenters. The molecule has 0 spiro atoms. The number of fused-ring (bicyclic) bond motifs is 5. The van der Waals surface area contributed by atoms with E-state index in [1.165, 1.54) is 30.4 Å². The minimum absolute atomic E-state index is 0.126. The fourth-order valence-corrected chi connectivity index (χ4v) is 5.84. The third kappa shape index (κ3) is 1.61. The lowest BCUT2D eigenvalue weighted by Gasteiger charge is -2.54. The number of allylic oxidation sites excluding steroid dienone is 3. The van der Waals surface area contributed by atoms with Crippen LogP contribution in [0, 0.1) is 22.7 Å². The molecule has 0 bridgehead atoms. The van der Waals surface area contributed by atoms with Gasteiger partial charge in [0.15, 0.2) is 0 Å². The van der Waals surface area contributed by atoms with E-state index in [0.29, 0.717) is 23.7 Å². The summed E-state index contributed by atoms with van der Waals surface area (Å²) in [5, 5.41) is 20.8. The molecule has 0 saturated heterocycles. The maximum atomic E-state index is 10.7. The van der Waals surface area contributed by atoms with Crippen LogP contribution in [0.2, 0.25) is 0 Å². The zero-order valence-corrected chi connectivity index (χ0v) is 13.6. The van der Waals surface area contributed by atoms with Crippen molar-refractivity contribution < 1.29 is 10.2 Å². The van der Waals surface area contributed by atoms with Gasteiger partial charge in [-0.25, -0.2) is 0 Å². The first-order valence-corrected chi connectivity index (χ1v) is 8.65. The smallest absolute Gasteiger partial charge is 0.144 e. The van der Waals surface area contributed by atoms with E-state index >= 15 is 0 Å². The molecule has 4 rings (SSSR count). The van der Waals surface area contributed by atoms with E-state index in [1.807, 2.05) is 0 Å². The van der Waals surface area contributed by atoms with Gasteiger partial charge in [-0.1, -0.05) is 36.6 Å². The van der Waals surface area contributed by atoms with E-state index in [9.17, 15) is 10.2 Å². The van der Waals surface area contributed by atoms with Gasteiger partial charge in [0, 0.05) is 12.5 Å². The van der Waals surface area contributed by atoms with Gasteiger partial charge in [0.2, 0.25) is 0 Å². The fourth-order valence-electron chi connectivity index (χ4n) is 5.84. The largest absolute Gasteiger partial charge is 0.508 e. The van der Waals surface area contributed by atoms with Crippen LogP contribution >= 0.6 is 0 Å². The zero-order valence-electron chi connectivity index (χ0n) is 13.6. The van der Waals surface area contributed by atoms with Crippen LogP contribution in [0.4, 0.5) is 0 Å². The third-order valence-electron chi connectivity index (χ3n) is 7.16. The molecule has 2 saturated carbocycles. The average Bonchev–Trinajstić information content (AvgIpc) is 2.87. The SMILES string of the molecule is C[C@@]12C(=CCC(O)=C1O)C[C@H](N)[C@@H]1C2=CC[C@]2(C)CCC[C@@H]12. The summed E-state index contributed by atoms with van der Waals surface area (Å²) >= 11 is 0. The van der Waals surface area contributed by atoms with Crippen LogP contribution in [0.3, 0.4) is 0 Å². The number of hydrogen-bond donors (Lipinski definition) is 3. The van der Waals surface area contributed by atoms with E-state index in [-0.39, 0.29) is 17.6 Å². The van der Waals surface area contributed by atoms with E-state index in [1.54, 1.807) is 0 Å². The molecule has 3 heteroatoms. The predicted molar refractivity (Wildman–Crippen MR) is 87.3 cm³/mol. The van der Waals surface area contributed by atoms with E-state index < -0.39 is 5.41 Å². The van der Waals surface area contributed by atoms with Gasteiger partial charge in [0.25, 0.3) is 0 Å². The predicted octanol–water partition coefficient (Wildman–Crippen LogP) is 4.13. The van der Waals surface area contributed by atoms with Crippen molar-refractivity contribution in [3.63, 3.8) is 0 Å². The van der Waals surface area contributed by atoms with Crippen LogP contribution in [0.1, 0.15) is 52.4 Å². The Labute approximate surface area is 132 Å². The van der Waals surface area contributed by atoms with E-state index in [2.05, 4.69) is 26.0 Å². The van der Waals surface area contributed by atoms with Gasteiger partial charge in [-0.2, -0.15) is 0 Å². The van der Waals surface area contributed by atoms with Crippen molar-refractivity contribution in [1.29, 1.82) is 0 Å². The van der Waals surface area contributed by atoms with Crippen molar-refractivity contribution in [2.75, 3.05) is 0 Å². The van der Waals surface area contributed by atoms with Gasteiger partial charge in [0.1, 0.15) is 11.5 Å². The second-order valence-corrected chi connectivity index (χ2v) is 8.26. The first kappa shape index (κ1) is 14.4. The van der Waals surface area contributed by atoms with E-state index in [4.69, 9.17) is 5.73 Å². The molecule has 2 fully saturated rings. The Bertz CT molecular complexity index is 617. The summed E-state index contributed by atoms with van der Waals surface area (Å²) in [6.45, 7) is 4.48. The maximum absolute atomic E-state index is 10.7. The molecule has 5 atom stereocenters. The molecule has 0 aliphatic heterocycles. The molecule has 4 N–H and O–H groups in total. The van der Waals surface area contributed by atoms with Crippen molar-refractivity contribution in [3.8, 4) is 0 Å². The van der Waals surface area contributed by atoms with Crippen LogP contribution in [0.25, 0.3) is 0 Å². The molecule has 0 radical (unpaired) electrons. The van der Waals surface area contributed by atoms with Gasteiger partial charge in [-0.05, 0) is 49.9 Å². The molecule has 4 aliphatic rings. The Morgan fingerprint density at radius 2 is 2.00 bits per heavy atom. The normalized spacial score (nSPS) is 47.3. The summed E-state index contributed by atoms with van der Waals surface area (Å²) in [4.78, 5) is 0. The Morgan fingerprint density at radius 1 is 1.23 bits per heavy atom. The first-order chi connectivity index (χ1) is 10.4. The van der Waals surface area contributed by atoms with Gasteiger partial charge < -0.3 is 15.9 Å². The summed E-state index contributed by atoms with van der Waals surface area (Å²) in [7, 11) is 0. The molecule has 0 aromatic carbocycles. The second kappa shape index (κ2) is 4.41. The number of rotatable bonds is 0. The molecule has 0 aromatic rings. The highest BCUT2D eigenvalue weighted by molar-refractivity contribution is 5.48. The summed E-state index contributed by atoms with van der Waals surface area (Å²) in [6, 6.07) is 0.140. The van der Waals surface area contributed by atoms with E-state index in [0.717, 1.165) is 12.8 Å². The maximum Gasteiger partial charge on any atom is 0.144 e. The second-order valence-electron chi connectivity index (χ2n) is 8.26. The van der Waals surface area contributed by atoms with Crippen LogP contribution in [0.15, 0.2) is 34.8 Å². The lowest BCUT2D eigenvalue weighted by atomic mass is 9.51. The molecule has 22 heavy (non-hydrogen) atoms. The standard InChI is InChI=1S/C19H27NO2/c1-18-8-3-4-12(18)16-13(7-9-18)19(2)11(10-14(16)20)5-6-15(21)17(19)22/h5,7,12,14,16,21-22H,3-4,6,8-10,20H2,1-2H3/t12-,14-,16-,18-,19-/m0/s1. The molecule has 4 aliphatic carbocycles. The quantitative estimate of drug-likeness (QED) is 0.589. The average molecular weight is 301 g/mol. The molecule has 3 nitrogen and oxygen atoms in total. The molecular weight excluding hydrogens is 274 g/mol. The van der Waals surface area contributed by atoms with Crippen LogP contribution < -0.4 is 5.73 Å². The summed E-state index contributed by atoms with van der Waals surface area (Å²) in [6.07, 6.45) is 10.6.